The summed E-state index contributed by atoms with van der Waals surface area (Å²) in [6.45, 7) is 2.17. The van der Waals surface area contributed by atoms with Crippen LogP contribution in [0.15, 0.2) is 12.2 Å². The van der Waals surface area contributed by atoms with Gasteiger partial charge in [-0.05, 0) is 25.7 Å². The van der Waals surface area contributed by atoms with Crippen LogP contribution in [0.25, 0.3) is 0 Å². The van der Waals surface area contributed by atoms with Crippen molar-refractivity contribution in [3.63, 3.8) is 0 Å². The molecule has 0 aromatic rings. The molecule has 136 valence electrons. The standard InChI is InChI=1S/C18H34O5/c1-2-3-4-5-6-7-11-16(20)17(21)14-13-15(19)10-8-9-12-18(22)23/h13-17,19-21H,2-12H2,1H3,(H,22,23)/b14-13-. The van der Waals surface area contributed by atoms with Gasteiger partial charge in [-0.2, -0.15) is 0 Å². The molecule has 0 saturated carbocycles. The summed E-state index contributed by atoms with van der Waals surface area (Å²) in [5.41, 5.74) is 0. The molecule has 23 heavy (non-hydrogen) atoms. The monoisotopic (exact) mass is 330 g/mol. The van der Waals surface area contributed by atoms with Crippen LogP contribution in [0.2, 0.25) is 0 Å². The van der Waals surface area contributed by atoms with Crippen molar-refractivity contribution in [1.29, 1.82) is 0 Å². The van der Waals surface area contributed by atoms with E-state index in [-0.39, 0.29) is 6.42 Å². The summed E-state index contributed by atoms with van der Waals surface area (Å²) in [7, 11) is 0. The quantitative estimate of drug-likeness (QED) is 0.273. The zero-order valence-corrected chi connectivity index (χ0v) is 14.4. The van der Waals surface area contributed by atoms with Crippen LogP contribution < -0.4 is 0 Å². The number of carbonyl (C=O) groups is 1. The van der Waals surface area contributed by atoms with Gasteiger partial charge in [-0.15, -0.1) is 0 Å². The molecule has 0 amide bonds. The highest BCUT2D eigenvalue weighted by Gasteiger charge is 2.13. The van der Waals surface area contributed by atoms with Crippen molar-refractivity contribution in [1.82, 2.24) is 0 Å². The van der Waals surface area contributed by atoms with Crippen LogP contribution in [-0.2, 0) is 4.79 Å². The summed E-state index contributed by atoms with van der Waals surface area (Å²) in [5, 5.41) is 37.9. The van der Waals surface area contributed by atoms with E-state index in [1.54, 1.807) is 0 Å². The van der Waals surface area contributed by atoms with Gasteiger partial charge in [0, 0.05) is 6.42 Å². The van der Waals surface area contributed by atoms with Crippen molar-refractivity contribution in [2.24, 2.45) is 0 Å². The van der Waals surface area contributed by atoms with E-state index in [1.807, 2.05) is 0 Å². The normalized spacial score (nSPS) is 15.7. The lowest BCUT2D eigenvalue weighted by atomic mass is 10.0. The molecule has 0 spiro atoms. The number of aliphatic hydroxyl groups excluding tert-OH is 3. The summed E-state index contributed by atoms with van der Waals surface area (Å²) in [5.74, 6) is -0.830. The maximum Gasteiger partial charge on any atom is 0.303 e. The Kier molecular flexibility index (Phi) is 14.1. The van der Waals surface area contributed by atoms with Gasteiger partial charge in [0.25, 0.3) is 0 Å². The highest BCUT2D eigenvalue weighted by molar-refractivity contribution is 5.66. The van der Waals surface area contributed by atoms with Gasteiger partial charge in [0.1, 0.15) is 0 Å². The van der Waals surface area contributed by atoms with Crippen molar-refractivity contribution < 1.29 is 25.2 Å². The summed E-state index contributed by atoms with van der Waals surface area (Å²) in [6.07, 6.45) is 9.56. The third-order valence-corrected chi connectivity index (χ3v) is 3.92. The smallest absolute Gasteiger partial charge is 0.303 e. The molecular weight excluding hydrogens is 296 g/mol. The second-order valence-corrected chi connectivity index (χ2v) is 6.21. The fourth-order valence-corrected chi connectivity index (χ4v) is 2.40. The van der Waals surface area contributed by atoms with E-state index < -0.39 is 24.3 Å². The second-order valence-electron chi connectivity index (χ2n) is 6.21. The molecule has 5 heteroatoms. The predicted molar refractivity (Wildman–Crippen MR) is 91.3 cm³/mol. The SMILES string of the molecule is CCCCCCCCC(O)C(O)/C=C\C(O)CCCCC(=O)O. The molecule has 0 bridgehead atoms. The average molecular weight is 330 g/mol. The number of rotatable bonds is 15. The Morgan fingerprint density at radius 1 is 0.870 bits per heavy atom. The first-order chi connectivity index (χ1) is 11.0. The first-order valence-corrected chi connectivity index (χ1v) is 8.91. The summed E-state index contributed by atoms with van der Waals surface area (Å²) >= 11 is 0. The van der Waals surface area contributed by atoms with E-state index in [1.165, 1.54) is 37.8 Å². The molecule has 0 heterocycles. The molecule has 3 atom stereocenters. The van der Waals surface area contributed by atoms with Crippen LogP contribution in [0.4, 0.5) is 0 Å². The Bertz CT molecular complexity index is 317. The third-order valence-electron chi connectivity index (χ3n) is 3.92. The molecule has 0 rings (SSSR count). The Balaban J connectivity index is 3.74. The van der Waals surface area contributed by atoms with E-state index in [4.69, 9.17) is 5.11 Å². The molecule has 0 aliphatic carbocycles. The van der Waals surface area contributed by atoms with Gasteiger partial charge >= 0.3 is 5.97 Å². The van der Waals surface area contributed by atoms with E-state index in [9.17, 15) is 20.1 Å². The zero-order chi connectivity index (χ0) is 17.5. The van der Waals surface area contributed by atoms with Crippen LogP contribution in [0, 0.1) is 0 Å². The number of carboxylic acid groups (broad SMARTS) is 1. The molecule has 0 saturated heterocycles. The molecule has 0 aliphatic heterocycles. The number of hydrogen-bond acceptors (Lipinski definition) is 4. The molecule has 0 aliphatic rings. The Labute approximate surface area is 140 Å². The lowest BCUT2D eigenvalue weighted by Crippen LogP contribution is -2.24. The number of aliphatic carboxylic acids is 1. The zero-order valence-electron chi connectivity index (χ0n) is 14.4. The Morgan fingerprint density at radius 2 is 1.48 bits per heavy atom. The van der Waals surface area contributed by atoms with Gasteiger partial charge < -0.3 is 20.4 Å². The molecule has 4 N–H and O–H groups in total. The maximum absolute atomic E-state index is 10.4. The van der Waals surface area contributed by atoms with E-state index >= 15 is 0 Å². The van der Waals surface area contributed by atoms with E-state index in [0.717, 1.165) is 12.8 Å². The minimum absolute atomic E-state index is 0.107. The number of aliphatic hydroxyl groups is 3. The lowest BCUT2D eigenvalue weighted by molar-refractivity contribution is -0.137. The molecule has 5 nitrogen and oxygen atoms in total. The Hall–Kier alpha value is -0.910. The highest BCUT2D eigenvalue weighted by Crippen LogP contribution is 2.12. The second kappa shape index (κ2) is 14.7. The van der Waals surface area contributed by atoms with Crippen LogP contribution >= 0.6 is 0 Å². The molecule has 0 fully saturated rings. The molecule has 0 radical (unpaired) electrons. The van der Waals surface area contributed by atoms with Crippen molar-refractivity contribution in [2.75, 3.05) is 0 Å². The van der Waals surface area contributed by atoms with E-state index in [0.29, 0.717) is 25.7 Å². The third kappa shape index (κ3) is 14.4. The summed E-state index contributed by atoms with van der Waals surface area (Å²) < 4.78 is 0. The van der Waals surface area contributed by atoms with Crippen LogP contribution in [0.3, 0.4) is 0 Å². The summed E-state index contributed by atoms with van der Waals surface area (Å²) in [4.78, 5) is 10.4. The van der Waals surface area contributed by atoms with E-state index in [2.05, 4.69) is 6.92 Å². The fraction of sp³-hybridized carbons (Fsp3) is 0.833. The molecule has 3 unspecified atom stereocenters. The van der Waals surface area contributed by atoms with Crippen LogP contribution in [0.1, 0.15) is 77.6 Å². The van der Waals surface area contributed by atoms with Gasteiger partial charge in [0.2, 0.25) is 0 Å². The Morgan fingerprint density at radius 3 is 2.13 bits per heavy atom. The van der Waals surface area contributed by atoms with Crippen molar-refractivity contribution >= 4 is 5.97 Å². The molecule has 0 aromatic heterocycles. The van der Waals surface area contributed by atoms with Gasteiger partial charge in [-0.1, -0.05) is 57.6 Å². The largest absolute Gasteiger partial charge is 0.481 e. The van der Waals surface area contributed by atoms with Gasteiger partial charge in [-0.25, -0.2) is 0 Å². The first-order valence-electron chi connectivity index (χ1n) is 8.91. The van der Waals surface area contributed by atoms with Crippen molar-refractivity contribution in [3.05, 3.63) is 12.2 Å². The first kappa shape index (κ1) is 22.1. The van der Waals surface area contributed by atoms with Crippen LogP contribution in [-0.4, -0.2) is 44.7 Å². The topological polar surface area (TPSA) is 98.0 Å². The minimum atomic E-state index is -0.959. The summed E-state index contributed by atoms with van der Waals surface area (Å²) in [6, 6.07) is 0. The highest BCUT2D eigenvalue weighted by atomic mass is 16.4. The minimum Gasteiger partial charge on any atom is -0.481 e. The lowest BCUT2D eigenvalue weighted by Gasteiger charge is -2.15. The van der Waals surface area contributed by atoms with Gasteiger partial charge in [-0.3, -0.25) is 4.79 Å². The number of unbranched alkanes of at least 4 members (excludes halogenated alkanes) is 6. The molecule has 0 aromatic carbocycles. The van der Waals surface area contributed by atoms with Gasteiger partial charge in [0.15, 0.2) is 0 Å². The van der Waals surface area contributed by atoms with Gasteiger partial charge in [0.05, 0.1) is 18.3 Å². The predicted octanol–water partition coefficient (Wildman–Crippen LogP) is 3.02. The fourth-order valence-electron chi connectivity index (χ4n) is 2.40. The number of hydrogen-bond donors (Lipinski definition) is 4. The van der Waals surface area contributed by atoms with Crippen molar-refractivity contribution in [2.45, 2.75) is 95.9 Å². The average Bonchev–Trinajstić information content (AvgIpc) is 2.52. The molecular formula is C18H34O5. The number of carboxylic acids is 1. The maximum atomic E-state index is 10.4. The van der Waals surface area contributed by atoms with Crippen molar-refractivity contribution in [3.8, 4) is 0 Å². The van der Waals surface area contributed by atoms with Crippen LogP contribution in [0.5, 0.6) is 0 Å².